The van der Waals surface area contributed by atoms with Crippen LogP contribution in [0.2, 0.25) is 5.02 Å². The highest BCUT2D eigenvalue weighted by atomic mass is 35.5. The Morgan fingerprint density at radius 1 is 0.939 bits per heavy atom. The van der Waals surface area contributed by atoms with E-state index in [2.05, 4.69) is 20.1 Å². The van der Waals surface area contributed by atoms with Gasteiger partial charge in [0.1, 0.15) is 5.82 Å². The van der Waals surface area contributed by atoms with Gasteiger partial charge >= 0.3 is 0 Å². The van der Waals surface area contributed by atoms with Crippen LogP contribution in [-0.4, -0.2) is 25.1 Å². The minimum atomic E-state index is -0.330. The van der Waals surface area contributed by atoms with Crippen molar-refractivity contribution in [2.75, 3.05) is 0 Å². The number of fused-ring (bicyclic) bond motifs is 1. The summed E-state index contributed by atoms with van der Waals surface area (Å²) in [5.74, 6) is 1.08. The molecule has 0 fully saturated rings. The summed E-state index contributed by atoms with van der Waals surface area (Å²) in [5, 5.41) is 4.85. The monoisotopic (exact) mass is 457 g/mol. The molecule has 0 unspecified atom stereocenters. The number of pyridine rings is 1. The van der Waals surface area contributed by atoms with E-state index in [1.807, 2.05) is 75.4 Å². The van der Waals surface area contributed by atoms with Crippen LogP contribution in [0.25, 0.3) is 44.8 Å². The molecule has 7 nitrogen and oxygen atoms in total. The summed E-state index contributed by atoms with van der Waals surface area (Å²) < 4.78 is 4.84. The predicted octanol–water partition coefficient (Wildman–Crippen LogP) is 5.65. The third kappa shape index (κ3) is 3.91. The lowest BCUT2D eigenvalue weighted by Gasteiger charge is -2.18. The van der Waals surface area contributed by atoms with Gasteiger partial charge < -0.3 is 9.51 Å². The van der Waals surface area contributed by atoms with Gasteiger partial charge in [-0.25, -0.2) is 9.97 Å². The molecule has 2 aromatic carbocycles. The third-order valence-corrected chi connectivity index (χ3v) is 5.68. The van der Waals surface area contributed by atoms with Gasteiger partial charge in [0.25, 0.3) is 5.56 Å². The van der Waals surface area contributed by atoms with Crippen molar-refractivity contribution in [3.05, 3.63) is 82.2 Å². The van der Waals surface area contributed by atoms with Crippen LogP contribution in [-0.2, 0) is 5.41 Å². The van der Waals surface area contributed by atoms with Gasteiger partial charge in [-0.15, -0.1) is 0 Å². The Bertz CT molecular complexity index is 1520. The summed E-state index contributed by atoms with van der Waals surface area (Å²) in [6.45, 7) is 5.98. The Balaban J connectivity index is 1.76. The first kappa shape index (κ1) is 21.0. The van der Waals surface area contributed by atoms with Gasteiger partial charge in [-0.1, -0.05) is 80.0 Å². The summed E-state index contributed by atoms with van der Waals surface area (Å²) in [6, 6.07) is 17.0. The summed E-state index contributed by atoms with van der Waals surface area (Å²) >= 11 is 6.54. The molecule has 33 heavy (non-hydrogen) atoms. The van der Waals surface area contributed by atoms with Crippen molar-refractivity contribution in [3.8, 4) is 33.8 Å². The number of benzene rings is 2. The average molecular weight is 458 g/mol. The smallest absolute Gasteiger partial charge is 0.260 e. The molecule has 3 heterocycles. The lowest BCUT2D eigenvalue weighted by molar-refractivity contribution is 0.419. The standard InChI is InChI=1S/C25H20ClN5O2/c1-25(2,3)24-29-22-18(23(32)30-24)12-17(20(28-22)16-6-4-5-7-19(16)26)14-8-10-15(11-9-14)21-27-13-33-31-21/h4-13H,1-3H3,(H,28,29,30,32). The van der Waals surface area contributed by atoms with Crippen LogP contribution in [0.15, 0.2) is 70.3 Å². The highest BCUT2D eigenvalue weighted by molar-refractivity contribution is 6.33. The van der Waals surface area contributed by atoms with E-state index in [0.717, 1.165) is 22.3 Å². The molecule has 5 aromatic rings. The average Bonchev–Trinajstić information content (AvgIpc) is 3.33. The van der Waals surface area contributed by atoms with E-state index in [9.17, 15) is 4.79 Å². The Labute approximate surface area is 194 Å². The molecule has 0 radical (unpaired) electrons. The number of hydrogen-bond donors (Lipinski definition) is 1. The van der Waals surface area contributed by atoms with E-state index >= 15 is 0 Å². The molecule has 0 aliphatic carbocycles. The van der Waals surface area contributed by atoms with Gasteiger partial charge in [-0.05, 0) is 17.7 Å². The lowest BCUT2D eigenvalue weighted by Crippen LogP contribution is -2.22. The molecule has 0 saturated heterocycles. The quantitative estimate of drug-likeness (QED) is 0.375. The summed E-state index contributed by atoms with van der Waals surface area (Å²) in [7, 11) is 0. The molecule has 0 atom stereocenters. The van der Waals surface area contributed by atoms with Crippen molar-refractivity contribution in [3.63, 3.8) is 0 Å². The van der Waals surface area contributed by atoms with Crippen molar-refractivity contribution in [1.29, 1.82) is 0 Å². The van der Waals surface area contributed by atoms with Crippen molar-refractivity contribution in [2.24, 2.45) is 0 Å². The number of hydrogen-bond acceptors (Lipinski definition) is 6. The zero-order valence-corrected chi connectivity index (χ0v) is 19.0. The second-order valence-electron chi connectivity index (χ2n) is 8.73. The molecule has 0 spiro atoms. The van der Waals surface area contributed by atoms with E-state index in [-0.39, 0.29) is 11.0 Å². The van der Waals surface area contributed by atoms with Gasteiger partial charge in [0.05, 0.1) is 11.1 Å². The van der Waals surface area contributed by atoms with Crippen LogP contribution < -0.4 is 5.56 Å². The fourth-order valence-corrected chi connectivity index (χ4v) is 3.82. The summed E-state index contributed by atoms with van der Waals surface area (Å²) in [5.41, 5.74) is 3.69. The van der Waals surface area contributed by atoms with Gasteiger partial charge in [0, 0.05) is 27.1 Å². The molecule has 3 aromatic heterocycles. The zero-order chi connectivity index (χ0) is 23.2. The van der Waals surface area contributed by atoms with Gasteiger partial charge in [0.2, 0.25) is 12.2 Å². The van der Waals surface area contributed by atoms with Crippen molar-refractivity contribution >= 4 is 22.6 Å². The first-order valence-corrected chi connectivity index (χ1v) is 10.8. The molecular formula is C25H20ClN5O2. The van der Waals surface area contributed by atoms with Crippen LogP contribution in [0.1, 0.15) is 26.6 Å². The van der Waals surface area contributed by atoms with Crippen molar-refractivity contribution < 1.29 is 4.52 Å². The minimum absolute atomic E-state index is 0.229. The number of nitrogens with one attached hydrogen (secondary N) is 1. The Kier molecular flexibility index (Phi) is 5.06. The minimum Gasteiger partial charge on any atom is -0.342 e. The Hall–Kier alpha value is -3.84. The molecule has 5 rings (SSSR count). The Morgan fingerprint density at radius 2 is 1.67 bits per heavy atom. The first-order valence-electron chi connectivity index (χ1n) is 10.4. The maximum atomic E-state index is 13.0. The number of halogens is 1. The summed E-state index contributed by atoms with van der Waals surface area (Å²) in [6.07, 6.45) is 1.29. The van der Waals surface area contributed by atoms with Crippen LogP contribution in [0.4, 0.5) is 0 Å². The lowest BCUT2D eigenvalue weighted by atomic mass is 9.95. The van der Waals surface area contributed by atoms with Gasteiger partial charge in [0.15, 0.2) is 5.65 Å². The van der Waals surface area contributed by atoms with Crippen LogP contribution in [0, 0.1) is 0 Å². The van der Waals surface area contributed by atoms with E-state index in [0.29, 0.717) is 33.4 Å². The Morgan fingerprint density at radius 3 is 2.33 bits per heavy atom. The molecule has 8 heteroatoms. The highest BCUT2D eigenvalue weighted by Crippen LogP contribution is 2.36. The number of nitrogens with zero attached hydrogens (tertiary/aromatic N) is 4. The number of aromatic nitrogens is 5. The van der Waals surface area contributed by atoms with Crippen LogP contribution in [0.5, 0.6) is 0 Å². The van der Waals surface area contributed by atoms with Crippen LogP contribution >= 0.6 is 11.6 Å². The number of rotatable bonds is 3. The number of H-pyrrole nitrogens is 1. The molecule has 0 saturated carbocycles. The maximum absolute atomic E-state index is 13.0. The highest BCUT2D eigenvalue weighted by Gasteiger charge is 2.21. The second-order valence-corrected chi connectivity index (χ2v) is 9.14. The van der Waals surface area contributed by atoms with Crippen molar-refractivity contribution in [1.82, 2.24) is 25.1 Å². The molecule has 164 valence electrons. The van der Waals surface area contributed by atoms with Gasteiger partial charge in [-0.3, -0.25) is 4.79 Å². The van der Waals surface area contributed by atoms with Crippen molar-refractivity contribution in [2.45, 2.75) is 26.2 Å². The van der Waals surface area contributed by atoms with Gasteiger partial charge in [-0.2, -0.15) is 4.98 Å². The first-order chi connectivity index (χ1) is 15.8. The van der Waals surface area contributed by atoms with E-state index < -0.39 is 0 Å². The molecule has 0 amide bonds. The number of aromatic amines is 1. The zero-order valence-electron chi connectivity index (χ0n) is 18.3. The van der Waals surface area contributed by atoms with Crippen LogP contribution in [0.3, 0.4) is 0 Å². The molecule has 0 bridgehead atoms. The third-order valence-electron chi connectivity index (χ3n) is 5.35. The maximum Gasteiger partial charge on any atom is 0.260 e. The summed E-state index contributed by atoms with van der Waals surface area (Å²) in [4.78, 5) is 29.5. The van der Waals surface area contributed by atoms with E-state index in [4.69, 9.17) is 21.1 Å². The fourth-order valence-electron chi connectivity index (χ4n) is 3.60. The topological polar surface area (TPSA) is 97.6 Å². The largest absolute Gasteiger partial charge is 0.342 e. The molecule has 1 N–H and O–H groups in total. The SMILES string of the molecule is CC(C)(C)c1nc2nc(-c3ccccc3Cl)c(-c3ccc(-c4ncon4)cc3)cc2c(=O)[nH]1. The second kappa shape index (κ2) is 7.94. The fraction of sp³-hybridized carbons (Fsp3) is 0.160. The predicted molar refractivity (Wildman–Crippen MR) is 128 cm³/mol. The van der Waals surface area contributed by atoms with E-state index in [1.54, 1.807) is 0 Å². The molecular weight excluding hydrogens is 438 g/mol. The van der Waals surface area contributed by atoms with E-state index in [1.165, 1.54) is 6.39 Å². The molecule has 0 aliphatic heterocycles. The molecule has 0 aliphatic rings. The normalized spacial score (nSPS) is 11.8.